The van der Waals surface area contributed by atoms with Gasteiger partial charge >= 0.3 is 0 Å². The van der Waals surface area contributed by atoms with Crippen molar-refractivity contribution in [2.45, 2.75) is 26.7 Å². The first-order valence-corrected chi connectivity index (χ1v) is 11.1. The molecular formula is C25H25N3S. The van der Waals surface area contributed by atoms with Crippen molar-refractivity contribution in [3.05, 3.63) is 77.2 Å². The average molecular weight is 400 g/mol. The molecule has 4 heteroatoms. The van der Waals surface area contributed by atoms with Crippen LogP contribution in [0.5, 0.6) is 0 Å². The number of aromatic nitrogens is 1. The smallest absolute Gasteiger partial charge is 0.203 e. The quantitative estimate of drug-likeness (QED) is 0.494. The molecule has 1 N–H and O–H groups in total. The van der Waals surface area contributed by atoms with E-state index in [2.05, 4.69) is 73.2 Å². The maximum atomic E-state index is 4.90. The second-order valence-corrected chi connectivity index (χ2v) is 9.46. The van der Waals surface area contributed by atoms with E-state index in [1.54, 1.807) is 11.3 Å². The number of anilines is 1. The molecular weight excluding hydrogens is 374 g/mol. The summed E-state index contributed by atoms with van der Waals surface area (Å²) in [4.78, 5) is 4.73. The summed E-state index contributed by atoms with van der Waals surface area (Å²) in [5.41, 5.74) is 9.54. The number of thiazole rings is 1. The molecule has 0 saturated heterocycles. The Labute approximate surface area is 176 Å². The fourth-order valence-electron chi connectivity index (χ4n) is 4.63. The molecule has 3 aromatic rings. The van der Waals surface area contributed by atoms with E-state index in [1.165, 1.54) is 23.3 Å². The maximum absolute atomic E-state index is 4.90. The molecule has 3 fully saturated rings. The molecule has 1 heterocycles. The molecule has 2 atom stereocenters. The van der Waals surface area contributed by atoms with Crippen molar-refractivity contribution in [3.63, 3.8) is 0 Å². The highest BCUT2D eigenvalue weighted by Gasteiger charge is 2.54. The van der Waals surface area contributed by atoms with Crippen molar-refractivity contribution in [2.75, 3.05) is 5.43 Å². The first-order chi connectivity index (χ1) is 14.1. The van der Waals surface area contributed by atoms with Gasteiger partial charge in [0.1, 0.15) is 0 Å². The van der Waals surface area contributed by atoms with Gasteiger partial charge in [0.2, 0.25) is 5.13 Å². The van der Waals surface area contributed by atoms with Crippen LogP contribution < -0.4 is 5.43 Å². The zero-order chi connectivity index (χ0) is 19.8. The van der Waals surface area contributed by atoms with Crippen LogP contribution in [0.1, 0.15) is 32.3 Å². The summed E-state index contributed by atoms with van der Waals surface area (Å²) in [6, 6.07) is 20.9. The predicted octanol–water partition coefficient (Wildman–Crippen LogP) is 6.73. The lowest BCUT2D eigenvalue weighted by Gasteiger charge is -2.57. The first-order valence-electron chi connectivity index (χ1n) is 10.2. The number of fused-ring (bicyclic) bond motifs is 2. The highest BCUT2D eigenvalue weighted by atomic mass is 32.1. The molecule has 146 valence electrons. The van der Waals surface area contributed by atoms with Crippen LogP contribution in [0.4, 0.5) is 5.13 Å². The Kier molecular flexibility index (Phi) is 4.59. The molecule has 0 aliphatic heterocycles. The van der Waals surface area contributed by atoms with E-state index >= 15 is 0 Å². The van der Waals surface area contributed by atoms with Crippen LogP contribution in [-0.2, 0) is 0 Å². The largest absolute Gasteiger partial charge is 0.252 e. The number of benzene rings is 2. The van der Waals surface area contributed by atoms with Crippen LogP contribution in [0, 0.1) is 17.3 Å². The average Bonchev–Trinajstić information content (AvgIpc) is 3.23. The fourth-order valence-corrected chi connectivity index (χ4v) is 5.29. The van der Waals surface area contributed by atoms with Gasteiger partial charge in [-0.25, -0.2) is 4.98 Å². The van der Waals surface area contributed by atoms with Gasteiger partial charge in [-0.05, 0) is 41.4 Å². The van der Waals surface area contributed by atoms with Gasteiger partial charge in [0, 0.05) is 16.9 Å². The number of nitrogens with zero attached hydrogens (tertiary/aromatic N) is 2. The van der Waals surface area contributed by atoms with Gasteiger partial charge in [-0.15, -0.1) is 11.3 Å². The number of nitrogens with one attached hydrogen (secondary N) is 1. The molecule has 3 saturated carbocycles. The zero-order valence-corrected chi connectivity index (χ0v) is 17.6. The van der Waals surface area contributed by atoms with Crippen LogP contribution in [0.3, 0.4) is 0 Å². The summed E-state index contributed by atoms with van der Waals surface area (Å²) in [5.74, 6) is 1.27. The fraction of sp³-hybridized carbons (Fsp3) is 0.280. The maximum Gasteiger partial charge on any atom is 0.203 e. The summed E-state index contributed by atoms with van der Waals surface area (Å²) < 4.78 is 0. The third kappa shape index (κ3) is 3.42. The topological polar surface area (TPSA) is 37.3 Å². The van der Waals surface area contributed by atoms with E-state index in [0.29, 0.717) is 11.3 Å². The summed E-state index contributed by atoms with van der Waals surface area (Å²) in [7, 11) is 0. The van der Waals surface area contributed by atoms with Crippen LogP contribution in [-0.4, -0.2) is 10.7 Å². The zero-order valence-electron chi connectivity index (χ0n) is 16.8. The summed E-state index contributed by atoms with van der Waals surface area (Å²) in [6.45, 7) is 4.77. The summed E-state index contributed by atoms with van der Waals surface area (Å²) >= 11 is 1.60. The minimum atomic E-state index is 0.326. The third-order valence-corrected chi connectivity index (χ3v) is 7.33. The number of hydrazone groups is 1. The number of rotatable bonds is 4. The van der Waals surface area contributed by atoms with Gasteiger partial charge in [-0.3, -0.25) is 5.43 Å². The van der Waals surface area contributed by atoms with Crippen LogP contribution in [0.15, 0.2) is 76.7 Å². The van der Waals surface area contributed by atoms with Gasteiger partial charge in [-0.2, -0.15) is 5.10 Å². The van der Waals surface area contributed by atoms with E-state index in [-0.39, 0.29) is 0 Å². The van der Waals surface area contributed by atoms with Crippen LogP contribution in [0.2, 0.25) is 0 Å². The summed E-state index contributed by atoms with van der Waals surface area (Å²) in [6.07, 6.45) is 4.66. The standard InChI is InChI=1S/C25H25N3S/c1-25(2)20-14-19(13-17-9-5-3-6-10-17)23(21(25)15-20)27-28-24-26-22(16-29-24)18-11-7-4-8-12-18/h3-13,16,20-21H,14-15H2,1-2H3,(H,26,28). The Bertz CT molecular complexity index is 1060. The van der Waals surface area contributed by atoms with Crippen molar-refractivity contribution >= 4 is 28.3 Å². The second-order valence-electron chi connectivity index (χ2n) is 8.60. The monoisotopic (exact) mass is 399 g/mol. The van der Waals surface area contributed by atoms with E-state index in [9.17, 15) is 0 Å². The van der Waals surface area contributed by atoms with Crippen molar-refractivity contribution in [1.29, 1.82) is 0 Å². The number of allylic oxidation sites excluding steroid dienone is 1. The third-order valence-electron chi connectivity index (χ3n) is 6.58. The molecule has 0 radical (unpaired) electrons. The lowest BCUT2D eigenvalue weighted by molar-refractivity contribution is 0.0143. The van der Waals surface area contributed by atoms with Gasteiger partial charge in [-0.1, -0.05) is 74.5 Å². The molecule has 3 aliphatic carbocycles. The molecule has 1 aromatic heterocycles. The van der Waals surface area contributed by atoms with Crippen molar-refractivity contribution in [3.8, 4) is 11.3 Å². The number of hydrogen-bond acceptors (Lipinski definition) is 4. The highest BCUT2D eigenvalue weighted by Crippen LogP contribution is 2.59. The van der Waals surface area contributed by atoms with E-state index in [4.69, 9.17) is 10.1 Å². The second kappa shape index (κ2) is 7.27. The lowest BCUT2D eigenvalue weighted by Crippen LogP contribution is -2.53. The molecule has 2 bridgehead atoms. The minimum absolute atomic E-state index is 0.326. The molecule has 2 unspecified atom stereocenters. The lowest BCUT2D eigenvalue weighted by atomic mass is 9.47. The van der Waals surface area contributed by atoms with E-state index in [1.807, 2.05) is 18.2 Å². The van der Waals surface area contributed by atoms with Gasteiger partial charge in [0.05, 0.1) is 11.4 Å². The summed E-state index contributed by atoms with van der Waals surface area (Å²) in [5, 5.41) is 7.83. The van der Waals surface area contributed by atoms with Crippen molar-refractivity contribution in [2.24, 2.45) is 22.4 Å². The highest BCUT2D eigenvalue weighted by molar-refractivity contribution is 7.14. The Hall–Kier alpha value is -2.72. The molecule has 0 spiro atoms. The Balaban J connectivity index is 1.43. The molecule has 29 heavy (non-hydrogen) atoms. The Morgan fingerprint density at radius 2 is 1.79 bits per heavy atom. The normalized spacial score (nSPS) is 25.0. The number of hydrogen-bond donors (Lipinski definition) is 1. The Morgan fingerprint density at radius 1 is 1.07 bits per heavy atom. The van der Waals surface area contributed by atoms with Gasteiger partial charge < -0.3 is 0 Å². The molecule has 3 nitrogen and oxygen atoms in total. The van der Waals surface area contributed by atoms with E-state index in [0.717, 1.165) is 28.7 Å². The molecule has 0 amide bonds. The Morgan fingerprint density at radius 3 is 2.52 bits per heavy atom. The SMILES string of the molecule is CC1(C)C2CC(=Cc3ccccc3)C(=NNc3nc(-c4ccccc4)cs3)C1C2. The molecule has 2 aromatic carbocycles. The molecule has 6 rings (SSSR count). The van der Waals surface area contributed by atoms with Gasteiger partial charge in [0.25, 0.3) is 0 Å². The predicted molar refractivity (Wildman–Crippen MR) is 123 cm³/mol. The van der Waals surface area contributed by atoms with Gasteiger partial charge in [0.15, 0.2) is 0 Å². The van der Waals surface area contributed by atoms with Crippen molar-refractivity contribution < 1.29 is 0 Å². The van der Waals surface area contributed by atoms with E-state index < -0.39 is 0 Å². The van der Waals surface area contributed by atoms with Crippen LogP contribution >= 0.6 is 11.3 Å². The minimum Gasteiger partial charge on any atom is -0.252 e. The van der Waals surface area contributed by atoms with Crippen molar-refractivity contribution in [1.82, 2.24) is 4.98 Å². The first kappa shape index (κ1) is 18.3. The molecule has 3 aliphatic rings. The van der Waals surface area contributed by atoms with Crippen LogP contribution in [0.25, 0.3) is 17.3 Å².